The fraction of sp³-hybridized carbons (Fsp3) is 0.636. The highest BCUT2D eigenvalue weighted by molar-refractivity contribution is 5.83. The molecule has 0 saturated carbocycles. The molecule has 5 heteroatoms. The fourth-order valence-electron chi connectivity index (χ4n) is 1.87. The minimum absolute atomic E-state index is 0.0138. The molecule has 2 N–H and O–H groups in total. The molecular weight excluding hydrogens is 208 g/mol. The molecule has 90 valence electrons. The van der Waals surface area contributed by atoms with Gasteiger partial charge in [0, 0.05) is 12.6 Å². The van der Waals surface area contributed by atoms with Crippen LogP contribution >= 0.6 is 0 Å². The third-order valence-corrected chi connectivity index (χ3v) is 2.69. The largest absolute Gasteiger partial charge is 0.480 e. The molecule has 0 bridgehead atoms. The first kappa shape index (κ1) is 12.5. The molecule has 5 nitrogen and oxygen atoms in total. The number of carbonyl (C=O) groups is 2. The molecule has 16 heavy (non-hydrogen) atoms. The summed E-state index contributed by atoms with van der Waals surface area (Å²) in [4.78, 5) is 24.0. The minimum atomic E-state index is -0.927. The molecule has 1 aliphatic rings. The van der Waals surface area contributed by atoms with Crippen LogP contribution in [0.2, 0.25) is 0 Å². The van der Waals surface area contributed by atoms with Gasteiger partial charge in [0.1, 0.15) is 6.04 Å². The predicted molar refractivity (Wildman–Crippen MR) is 60.2 cm³/mol. The summed E-state index contributed by atoms with van der Waals surface area (Å²) in [5.74, 6) is -0.927. The number of amides is 2. The molecule has 0 aromatic carbocycles. The first-order valence-electron chi connectivity index (χ1n) is 5.47. The van der Waals surface area contributed by atoms with Crippen molar-refractivity contribution in [3.05, 3.63) is 12.7 Å². The maximum absolute atomic E-state index is 11.8. The first-order chi connectivity index (χ1) is 7.56. The molecule has 1 aliphatic heterocycles. The van der Waals surface area contributed by atoms with E-state index in [1.807, 2.05) is 6.92 Å². The average Bonchev–Trinajstić information content (AvgIpc) is 2.65. The normalized spacial score (nSPS) is 21.6. The van der Waals surface area contributed by atoms with Crippen LogP contribution in [0.5, 0.6) is 0 Å². The summed E-state index contributed by atoms with van der Waals surface area (Å²) in [6, 6.07) is -0.977. The first-order valence-corrected chi connectivity index (χ1v) is 5.47. The molecule has 0 aliphatic carbocycles. The fourth-order valence-corrected chi connectivity index (χ4v) is 1.87. The number of hydrogen-bond acceptors (Lipinski definition) is 2. The molecule has 1 rings (SSSR count). The van der Waals surface area contributed by atoms with Crippen LogP contribution in [-0.4, -0.2) is 40.6 Å². The third kappa shape index (κ3) is 2.98. The number of carboxylic acid groups (broad SMARTS) is 1. The van der Waals surface area contributed by atoms with E-state index in [1.54, 1.807) is 6.08 Å². The number of nitrogens with zero attached hydrogens (tertiary/aromatic N) is 1. The van der Waals surface area contributed by atoms with Crippen LogP contribution in [-0.2, 0) is 4.79 Å². The number of nitrogens with one attached hydrogen (secondary N) is 1. The zero-order chi connectivity index (χ0) is 12.1. The predicted octanol–water partition coefficient (Wildman–Crippen LogP) is 1.21. The van der Waals surface area contributed by atoms with Gasteiger partial charge >= 0.3 is 12.0 Å². The molecule has 0 aromatic heterocycles. The van der Waals surface area contributed by atoms with Gasteiger partial charge in [-0.25, -0.2) is 9.59 Å². The lowest BCUT2D eigenvalue weighted by atomic mass is 10.2. The van der Waals surface area contributed by atoms with Crippen molar-refractivity contribution in [1.82, 2.24) is 10.2 Å². The Kier molecular flexibility index (Phi) is 4.34. The smallest absolute Gasteiger partial charge is 0.326 e. The van der Waals surface area contributed by atoms with Crippen LogP contribution in [0.1, 0.15) is 26.2 Å². The topological polar surface area (TPSA) is 69.6 Å². The summed E-state index contributed by atoms with van der Waals surface area (Å²) in [7, 11) is 0. The molecule has 0 spiro atoms. The number of likely N-dealkylation sites (tertiary alicyclic amines) is 1. The molecule has 1 unspecified atom stereocenters. The Hall–Kier alpha value is -1.52. The van der Waals surface area contributed by atoms with Crippen LogP contribution in [0.25, 0.3) is 0 Å². The van der Waals surface area contributed by atoms with E-state index >= 15 is 0 Å². The van der Waals surface area contributed by atoms with Gasteiger partial charge in [-0.15, -0.1) is 6.58 Å². The van der Waals surface area contributed by atoms with Crippen molar-refractivity contribution in [1.29, 1.82) is 0 Å². The average molecular weight is 226 g/mol. The van der Waals surface area contributed by atoms with Gasteiger partial charge in [-0.05, 0) is 26.2 Å². The Morgan fingerprint density at radius 2 is 2.38 bits per heavy atom. The maximum Gasteiger partial charge on any atom is 0.326 e. The second-order valence-corrected chi connectivity index (χ2v) is 4.06. The van der Waals surface area contributed by atoms with E-state index < -0.39 is 12.0 Å². The zero-order valence-corrected chi connectivity index (χ0v) is 9.48. The van der Waals surface area contributed by atoms with Crippen molar-refractivity contribution in [2.45, 2.75) is 38.3 Å². The molecule has 0 radical (unpaired) electrons. The lowest BCUT2D eigenvalue weighted by molar-refractivity contribution is -0.141. The van der Waals surface area contributed by atoms with Crippen molar-refractivity contribution in [2.75, 3.05) is 6.54 Å². The Bertz CT molecular complexity index is 291. The molecule has 2 amide bonds. The lowest BCUT2D eigenvalue weighted by Crippen LogP contribution is -2.48. The Morgan fingerprint density at radius 3 is 2.94 bits per heavy atom. The molecule has 1 heterocycles. The van der Waals surface area contributed by atoms with E-state index in [9.17, 15) is 9.59 Å². The quantitative estimate of drug-likeness (QED) is 0.708. The van der Waals surface area contributed by atoms with Crippen molar-refractivity contribution in [3.8, 4) is 0 Å². The summed E-state index contributed by atoms with van der Waals surface area (Å²) in [6.45, 7) is 5.97. The van der Waals surface area contributed by atoms with Crippen LogP contribution in [0.3, 0.4) is 0 Å². The minimum Gasteiger partial charge on any atom is -0.480 e. The monoisotopic (exact) mass is 226 g/mol. The standard InChI is InChI=1S/C11H18N2O3/c1-3-5-8(2)12-11(16)13-7-4-6-9(13)10(14)15/h3,8-9H,1,4-7H2,2H3,(H,12,16)(H,14,15)/t8?,9-/m1/s1. The van der Waals surface area contributed by atoms with Gasteiger partial charge in [-0.3, -0.25) is 0 Å². The second-order valence-electron chi connectivity index (χ2n) is 4.06. The third-order valence-electron chi connectivity index (χ3n) is 2.69. The van der Waals surface area contributed by atoms with Crippen LogP contribution < -0.4 is 5.32 Å². The maximum atomic E-state index is 11.8. The van der Waals surface area contributed by atoms with E-state index in [0.29, 0.717) is 19.4 Å². The van der Waals surface area contributed by atoms with Gasteiger partial charge in [-0.1, -0.05) is 6.08 Å². The van der Waals surface area contributed by atoms with Crippen molar-refractivity contribution in [3.63, 3.8) is 0 Å². The van der Waals surface area contributed by atoms with E-state index in [1.165, 1.54) is 4.90 Å². The Balaban J connectivity index is 2.52. The van der Waals surface area contributed by atoms with Crippen molar-refractivity contribution >= 4 is 12.0 Å². The highest BCUT2D eigenvalue weighted by Crippen LogP contribution is 2.17. The molecular formula is C11H18N2O3. The molecule has 2 atom stereocenters. The van der Waals surface area contributed by atoms with Crippen molar-refractivity contribution < 1.29 is 14.7 Å². The highest BCUT2D eigenvalue weighted by atomic mass is 16.4. The van der Waals surface area contributed by atoms with Gasteiger partial charge in [0.25, 0.3) is 0 Å². The summed E-state index contributed by atoms with van der Waals surface area (Å²) < 4.78 is 0. The molecule has 1 fully saturated rings. The number of carbonyl (C=O) groups excluding carboxylic acids is 1. The van der Waals surface area contributed by atoms with E-state index in [-0.39, 0.29) is 12.1 Å². The van der Waals surface area contributed by atoms with Gasteiger partial charge in [-0.2, -0.15) is 0 Å². The molecule has 1 saturated heterocycles. The van der Waals surface area contributed by atoms with Gasteiger partial charge in [0.2, 0.25) is 0 Å². The number of aliphatic carboxylic acids is 1. The van der Waals surface area contributed by atoms with E-state index in [2.05, 4.69) is 11.9 Å². The van der Waals surface area contributed by atoms with Crippen LogP contribution in [0, 0.1) is 0 Å². The van der Waals surface area contributed by atoms with Gasteiger partial charge < -0.3 is 15.3 Å². The van der Waals surface area contributed by atoms with Crippen molar-refractivity contribution in [2.24, 2.45) is 0 Å². The highest BCUT2D eigenvalue weighted by Gasteiger charge is 2.34. The van der Waals surface area contributed by atoms with E-state index in [0.717, 1.165) is 6.42 Å². The lowest BCUT2D eigenvalue weighted by Gasteiger charge is -2.23. The SMILES string of the molecule is C=CCC(C)NC(=O)N1CCC[C@@H]1C(=O)O. The summed E-state index contributed by atoms with van der Waals surface area (Å²) >= 11 is 0. The van der Waals surface area contributed by atoms with Crippen LogP contribution in [0.4, 0.5) is 4.79 Å². The molecule has 0 aromatic rings. The van der Waals surface area contributed by atoms with Gasteiger partial charge in [0.05, 0.1) is 0 Å². The summed E-state index contributed by atoms with van der Waals surface area (Å²) in [6.07, 6.45) is 3.69. The number of carboxylic acids is 1. The summed E-state index contributed by atoms with van der Waals surface area (Å²) in [5.41, 5.74) is 0. The number of rotatable bonds is 4. The summed E-state index contributed by atoms with van der Waals surface area (Å²) in [5, 5.41) is 11.7. The van der Waals surface area contributed by atoms with Gasteiger partial charge in [0.15, 0.2) is 0 Å². The van der Waals surface area contributed by atoms with E-state index in [4.69, 9.17) is 5.11 Å². The Morgan fingerprint density at radius 1 is 1.69 bits per heavy atom. The Labute approximate surface area is 95.1 Å². The number of urea groups is 1. The van der Waals surface area contributed by atoms with Crippen LogP contribution in [0.15, 0.2) is 12.7 Å². The zero-order valence-electron chi connectivity index (χ0n) is 9.48. The number of hydrogen-bond donors (Lipinski definition) is 2. The second kappa shape index (κ2) is 5.53.